The molecule has 3 aromatic carbocycles. The average Bonchev–Trinajstić information content (AvgIpc) is 3.08. The Morgan fingerprint density at radius 3 is 2.23 bits per heavy atom. The summed E-state index contributed by atoms with van der Waals surface area (Å²) in [7, 11) is 0. The number of hydrogen-bond donors (Lipinski definition) is 2. The highest BCUT2D eigenvalue weighted by Gasteiger charge is 2.30. The number of carbonyl (C=O) groups is 2. The highest BCUT2D eigenvalue weighted by Crippen LogP contribution is 2.44. The van der Waals surface area contributed by atoms with Crippen LogP contribution in [0.15, 0.2) is 66.7 Å². The minimum Gasteiger partial charge on any atom is -0.480 e. The Kier molecular flexibility index (Phi) is 6.22. The highest BCUT2D eigenvalue weighted by molar-refractivity contribution is 14.1. The monoisotopic (exact) mass is 531 g/mol. The zero-order valence-electron chi connectivity index (χ0n) is 16.3. The van der Waals surface area contributed by atoms with Gasteiger partial charge >= 0.3 is 12.1 Å². The second-order valence-corrected chi connectivity index (χ2v) is 8.44. The Morgan fingerprint density at radius 1 is 1.00 bits per heavy atom. The number of hydrogen-bond acceptors (Lipinski definition) is 3. The summed E-state index contributed by atoms with van der Waals surface area (Å²) in [5.41, 5.74) is 4.55. The van der Waals surface area contributed by atoms with Crippen molar-refractivity contribution >= 4 is 34.7 Å². The van der Waals surface area contributed by atoms with Crippen molar-refractivity contribution in [1.29, 1.82) is 0 Å². The first-order valence-corrected chi connectivity index (χ1v) is 10.8. The van der Waals surface area contributed by atoms with Gasteiger partial charge in [-0.1, -0.05) is 60.7 Å². The number of carbonyl (C=O) groups excluding carboxylic acids is 1. The molecule has 0 saturated carbocycles. The number of rotatable bonds is 6. The molecule has 1 aliphatic carbocycles. The molecular formula is C24H19FINO4. The van der Waals surface area contributed by atoms with Crippen LogP contribution in [0, 0.1) is 9.39 Å². The molecule has 1 aliphatic rings. The number of aliphatic carboxylic acids is 1. The first kappa shape index (κ1) is 21.3. The molecule has 3 aromatic rings. The van der Waals surface area contributed by atoms with E-state index in [1.54, 1.807) is 12.1 Å². The van der Waals surface area contributed by atoms with Gasteiger partial charge in [0.15, 0.2) is 0 Å². The second kappa shape index (κ2) is 9.05. The lowest BCUT2D eigenvalue weighted by Crippen LogP contribution is -2.43. The number of alkyl carbamates (subject to hydrolysis) is 1. The Balaban J connectivity index is 1.45. The fourth-order valence-corrected chi connectivity index (χ4v) is 4.46. The number of ether oxygens (including phenoxy) is 1. The van der Waals surface area contributed by atoms with Gasteiger partial charge in [-0.15, -0.1) is 0 Å². The predicted octanol–water partition coefficient (Wildman–Crippen LogP) is 4.96. The van der Waals surface area contributed by atoms with Crippen molar-refractivity contribution < 1.29 is 23.8 Å². The van der Waals surface area contributed by atoms with Gasteiger partial charge in [-0.2, -0.15) is 0 Å². The lowest BCUT2D eigenvalue weighted by atomic mass is 9.98. The minimum absolute atomic E-state index is 0.0732. The van der Waals surface area contributed by atoms with Crippen LogP contribution >= 0.6 is 22.6 Å². The van der Waals surface area contributed by atoms with Gasteiger partial charge in [-0.25, -0.2) is 14.0 Å². The Bertz CT molecular complexity index is 1100. The SMILES string of the molecule is O=C(NC(Cc1cccc(I)c1F)C(=O)O)OCC1c2ccccc2-c2ccccc21. The van der Waals surface area contributed by atoms with E-state index in [2.05, 4.69) is 5.32 Å². The van der Waals surface area contributed by atoms with Gasteiger partial charge in [-0.05, 0) is 56.5 Å². The normalized spacial score (nSPS) is 13.2. The van der Waals surface area contributed by atoms with Gasteiger partial charge in [-0.3, -0.25) is 0 Å². The van der Waals surface area contributed by atoms with Crippen LogP contribution in [0.5, 0.6) is 0 Å². The molecule has 4 rings (SSSR count). The first-order chi connectivity index (χ1) is 15.0. The van der Waals surface area contributed by atoms with Gasteiger partial charge in [0.1, 0.15) is 18.5 Å². The maximum Gasteiger partial charge on any atom is 0.407 e. The molecule has 1 atom stereocenters. The largest absolute Gasteiger partial charge is 0.480 e. The van der Waals surface area contributed by atoms with Crippen LogP contribution in [0.25, 0.3) is 11.1 Å². The summed E-state index contributed by atoms with van der Waals surface area (Å²) in [6.45, 7) is 0.0732. The molecule has 158 valence electrons. The summed E-state index contributed by atoms with van der Waals surface area (Å²) in [6, 6.07) is 19.3. The third-order valence-electron chi connectivity index (χ3n) is 5.39. The first-order valence-electron chi connectivity index (χ1n) is 9.73. The molecule has 0 fully saturated rings. The van der Waals surface area contributed by atoms with Crippen LogP contribution in [0.2, 0.25) is 0 Å². The third-order valence-corrected chi connectivity index (χ3v) is 6.22. The topological polar surface area (TPSA) is 75.6 Å². The van der Waals surface area contributed by atoms with Gasteiger partial charge in [0.2, 0.25) is 0 Å². The Hall–Kier alpha value is -2.94. The summed E-state index contributed by atoms with van der Waals surface area (Å²) < 4.78 is 20.0. The molecule has 0 spiro atoms. The standard InChI is InChI=1S/C24H19FINO4/c25-22-14(6-5-11-20(22)26)12-21(23(28)29)27-24(30)31-13-19-17-9-3-1-7-15(17)16-8-2-4-10-18(16)19/h1-11,19,21H,12-13H2,(H,27,30)(H,28,29). The maximum absolute atomic E-state index is 14.3. The lowest BCUT2D eigenvalue weighted by molar-refractivity contribution is -0.139. The van der Waals surface area contributed by atoms with Crippen molar-refractivity contribution in [2.24, 2.45) is 0 Å². The Labute approximate surface area is 192 Å². The van der Waals surface area contributed by atoms with Crippen LogP contribution in [0.4, 0.5) is 9.18 Å². The van der Waals surface area contributed by atoms with E-state index in [-0.39, 0.29) is 24.5 Å². The van der Waals surface area contributed by atoms with E-state index >= 15 is 0 Å². The molecule has 0 radical (unpaired) electrons. The van der Waals surface area contributed by atoms with E-state index in [0.29, 0.717) is 3.57 Å². The number of carboxylic acid groups (broad SMARTS) is 1. The quantitative estimate of drug-likeness (QED) is 0.441. The predicted molar refractivity (Wildman–Crippen MR) is 122 cm³/mol. The van der Waals surface area contributed by atoms with Crippen molar-refractivity contribution in [2.45, 2.75) is 18.4 Å². The van der Waals surface area contributed by atoms with Gasteiger partial charge in [0.25, 0.3) is 0 Å². The fourth-order valence-electron chi connectivity index (χ4n) is 3.91. The number of nitrogens with one attached hydrogen (secondary N) is 1. The molecule has 1 amide bonds. The highest BCUT2D eigenvalue weighted by atomic mass is 127. The van der Waals surface area contributed by atoms with Crippen molar-refractivity contribution in [2.75, 3.05) is 6.61 Å². The van der Waals surface area contributed by atoms with Gasteiger partial charge in [0, 0.05) is 15.9 Å². The molecule has 5 nitrogen and oxygen atoms in total. The summed E-state index contributed by atoms with van der Waals surface area (Å²) in [5, 5.41) is 11.8. The van der Waals surface area contributed by atoms with E-state index in [1.807, 2.05) is 71.1 Å². The molecule has 0 saturated heterocycles. The van der Waals surface area contributed by atoms with Gasteiger partial charge in [0.05, 0.1) is 0 Å². The molecule has 31 heavy (non-hydrogen) atoms. The fraction of sp³-hybridized carbons (Fsp3) is 0.167. The van der Waals surface area contributed by atoms with Crippen LogP contribution in [-0.4, -0.2) is 29.8 Å². The van der Waals surface area contributed by atoms with Gasteiger partial charge < -0.3 is 15.2 Å². The zero-order valence-corrected chi connectivity index (χ0v) is 18.5. The number of benzene rings is 3. The molecule has 2 N–H and O–H groups in total. The molecule has 7 heteroatoms. The van der Waals surface area contributed by atoms with E-state index in [4.69, 9.17) is 4.74 Å². The smallest absolute Gasteiger partial charge is 0.407 e. The summed E-state index contributed by atoms with van der Waals surface area (Å²) in [6.07, 6.45) is -1.03. The van der Waals surface area contributed by atoms with Crippen molar-refractivity contribution in [3.63, 3.8) is 0 Å². The molecule has 0 heterocycles. The lowest BCUT2D eigenvalue weighted by Gasteiger charge is -2.18. The number of halogens is 2. The van der Waals surface area contributed by atoms with Crippen LogP contribution in [0.3, 0.4) is 0 Å². The van der Waals surface area contributed by atoms with Crippen molar-refractivity contribution in [3.8, 4) is 11.1 Å². The third kappa shape index (κ3) is 4.41. The Morgan fingerprint density at radius 2 is 1.61 bits per heavy atom. The number of carboxylic acids is 1. The molecule has 1 unspecified atom stereocenters. The minimum atomic E-state index is -1.30. The molecule has 0 aromatic heterocycles. The average molecular weight is 531 g/mol. The van der Waals surface area contributed by atoms with Crippen LogP contribution in [-0.2, 0) is 16.0 Å². The summed E-state index contributed by atoms with van der Waals surface area (Å²) in [4.78, 5) is 24.0. The van der Waals surface area contributed by atoms with E-state index in [9.17, 15) is 19.1 Å². The second-order valence-electron chi connectivity index (χ2n) is 7.28. The van der Waals surface area contributed by atoms with Crippen LogP contribution < -0.4 is 5.32 Å². The zero-order chi connectivity index (χ0) is 22.0. The van der Waals surface area contributed by atoms with E-state index in [0.717, 1.165) is 22.3 Å². The van der Waals surface area contributed by atoms with Crippen molar-refractivity contribution in [3.05, 3.63) is 92.8 Å². The van der Waals surface area contributed by atoms with Crippen LogP contribution in [0.1, 0.15) is 22.6 Å². The van der Waals surface area contributed by atoms with E-state index < -0.39 is 23.9 Å². The summed E-state index contributed by atoms with van der Waals surface area (Å²) in [5.74, 6) is -1.87. The summed E-state index contributed by atoms with van der Waals surface area (Å²) >= 11 is 1.84. The number of fused-ring (bicyclic) bond motifs is 3. The van der Waals surface area contributed by atoms with E-state index in [1.165, 1.54) is 6.07 Å². The number of amides is 1. The molecular weight excluding hydrogens is 512 g/mol. The van der Waals surface area contributed by atoms with Crippen molar-refractivity contribution in [1.82, 2.24) is 5.32 Å². The molecule has 0 bridgehead atoms. The molecule has 0 aliphatic heterocycles. The maximum atomic E-state index is 14.3.